The van der Waals surface area contributed by atoms with Gasteiger partial charge in [-0.15, -0.1) is 11.3 Å². The predicted molar refractivity (Wildman–Crippen MR) is 149 cm³/mol. The summed E-state index contributed by atoms with van der Waals surface area (Å²) in [5.41, 5.74) is 3.56. The Bertz CT molecular complexity index is 1550. The van der Waals surface area contributed by atoms with Gasteiger partial charge in [-0.05, 0) is 30.0 Å². The third-order valence-corrected chi connectivity index (χ3v) is 7.26. The lowest BCUT2D eigenvalue weighted by atomic mass is 10.0. The van der Waals surface area contributed by atoms with Crippen molar-refractivity contribution in [3.8, 4) is 22.4 Å². The molecular formula is C29H24N4O5S. The van der Waals surface area contributed by atoms with Crippen molar-refractivity contribution in [3.63, 3.8) is 0 Å². The van der Waals surface area contributed by atoms with Crippen LogP contribution in [0.3, 0.4) is 0 Å². The summed E-state index contributed by atoms with van der Waals surface area (Å²) in [7, 11) is 0. The van der Waals surface area contributed by atoms with E-state index in [-0.39, 0.29) is 35.7 Å². The number of nitrogens with one attached hydrogen (secondary N) is 1. The Kier molecular flexibility index (Phi) is 7.55. The summed E-state index contributed by atoms with van der Waals surface area (Å²) in [5, 5.41) is 16.5. The van der Waals surface area contributed by atoms with Gasteiger partial charge >= 0.3 is 0 Å². The predicted octanol–water partition coefficient (Wildman–Crippen LogP) is 6.18. The number of nitro benzene ring substituents is 1. The normalized spacial score (nSPS) is 12.5. The second-order valence-corrected chi connectivity index (χ2v) is 9.92. The minimum atomic E-state index is -0.654. The van der Waals surface area contributed by atoms with Gasteiger partial charge in [0.2, 0.25) is 5.91 Å². The van der Waals surface area contributed by atoms with Crippen LogP contribution in [-0.2, 0) is 4.79 Å². The van der Waals surface area contributed by atoms with Crippen LogP contribution in [0.15, 0.2) is 78.2 Å². The number of imide groups is 1. The van der Waals surface area contributed by atoms with Gasteiger partial charge in [-0.3, -0.25) is 29.4 Å². The molecule has 3 amide bonds. The number of nitro groups is 1. The third-order valence-electron chi connectivity index (χ3n) is 6.50. The molecule has 0 radical (unpaired) electrons. The highest BCUT2D eigenvalue weighted by Crippen LogP contribution is 2.31. The molecule has 1 aromatic heterocycles. The van der Waals surface area contributed by atoms with Gasteiger partial charge in [0.15, 0.2) is 5.13 Å². The number of aromatic nitrogens is 1. The largest absolute Gasteiger partial charge is 0.302 e. The summed E-state index contributed by atoms with van der Waals surface area (Å²) in [6.07, 6.45) is 1.94. The molecule has 10 heteroatoms. The third kappa shape index (κ3) is 5.60. The number of amides is 3. The zero-order valence-electron chi connectivity index (χ0n) is 20.8. The van der Waals surface area contributed by atoms with Gasteiger partial charge in [0.05, 0.1) is 16.2 Å². The SMILES string of the molecule is O=C(CCCCCN1C(=O)c2cccc([N+](=O)[O-])c2C1=O)Nc1nc(-c2ccc(-c3ccccc3)cc2)cs1. The highest BCUT2D eigenvalue weighted by atomic mass is 32.1. The Morgan fingerprint density at radius 2 is 1.59 bits per heavy atom. The monoisotopic (exact) mass is 540 g/mol. The van der Waals surface area contributed by atoms with Crippen molar-refractivity contribution >= 4 is 39.9 Å². The lowest BCUT2D eigenvalue weighted by Crippen LogP contribution is -2.30. The topological polar surface area (TPSA) is 123 Å². The molecule has 2 heterocycles. The van der Waals surface area contributed by atoms with Crippen molar-refractivity contribution in [2.45, 2.75) is 25.7 Å². The van der Waals surface area contributed by atoms with Crippen LogP contribution in [0.2, 0.25) is 0 Å². The number of unbranched alkanes of at least 4 members (excludes halogenated alkanes) is 2. The fourth-order valence-electron chi connectivity index (χ4n) is 4.51. The zero-order valence-corrected chi connectivity index (χ0v) is 21.6. The van der Waals surface area contributed by atoms with E-state index in [1.807, 2.05) is 47.8 Å². The van der Waals surface area contributed by atoms with Crippen molar-refractivity contribution in [1.29, 1.82) is 0 Å². The van der Waals surface area contributed by atoms with E-state index in [4.69, 9.17) is 0 Å². The lowest BCUT2D eigenvalue weighted by molar-refractivity contribution is -0.385. The van der Waals surface area contributed by atoms with Crippen LogP contribution in [0.25, 0.3) is 22.4 Å². The van der Waals surface area contributed by atoms with Gasteiger partial charge in [-0.1, -0.05) is 67.1 Å². The number of carbonyl (C=O) groups excluding carboxylic acids is 3. The molecule has 0 fully saturated rings. The molecule has 1 N–H and O–H groups in total. The number of thiazole rings is 1. The standard InChI is InChI=1S/C29H24N4O5S/c34-25(12-5-2-6-17-32-27(35)22-10-7-11-24(33(37)38)26(22)28(32)36)31-29-30-23(18-39-29)21-15-13-20(14-16-21)19-8-3-1-4-9-19/h1,3-4,7-11,13-16,18H,2,5-6,12,17H2,(H,30,31,34). The molecule has 39 heavy (non-hydrogen) atoms. The van der Waals surface area contributed by atoms with E-state index >= 15 is 0 Å². The molecule has 1 aliphatic heterocycles. The fraction of sp³-hybridized carbons (Fsp3) is 0.172. The maximum Gasteiger partial charge on any atom is 0.282 e. The highest BCUT2D eigenvalue weighted by molar-refractivity contribution is 7.14. The molecule has 1 aliphatic rings. The van der Waals surface area contributed by atoms with Gasteiger partial charge in [0.25, 0.3) is 17.5 Å². The molecule has 0 aliphatic carbocycles. The van der Waals surface area contributed by atoms with Crippen molar-refractivity contribution in [1.82, 2.24) is 9.88 Å². The van der Waals surface area contributed by atoms with Crippen LogP contribution in [-0.4, -0.2) is 39.1 Å². The van der Waals surface area contributed by atoms with Crippen LogP contribution in [0.5, 0.6) is 0 Å². The zero-order chi connectivity index (χ0) is 27.4. The van der Waals surface area contributed by atoms with E-state index in [1.165, 1.54) is 29.5 Å². The Morgan fingerprint density at radius 3 is 2.33 bits per heavy atom. The van der Waals surface area contributed by atoms with Gasteiger partial charge in [0.1, 0.15) is 5.56 Å². The number of benzene rings is 3. The fourth-order valence-corrected chi connectivity index (χ4v) is 5.25. The van der Waals surface area contributed by atoms with Gasteiger partial charge in [-0.25, -0.2) is 4.98 Å². The van der Waals surface area contributed by atoms with Crippen LogP contribution >= 0.6 is 11.3 Å². The van der Waals surface area contributed by atoms with E-state index in [0.29, 0.717) is 24.4 Å². The number of anilines is 1. The van der Waals surface area contributed by atoms with Crippen LogP contribution in [0, 0.1) is 10.1 Å². The molecule has 9 nitrogen and oxygen atoms in total. The van der Waals surface area contributed by atoms with Crippen molar-refractivity contribution in [2.75, 3.05) is 11.9 Å². The molecule has 5 rings (SSSR count). The highest BCUT2D eigenvalue weighted by Gasteiger charge is 2.40. The Labute approximate surface area is 228 Å². The molecule has 0 atom stereocenters. The first-order valence-electron chi connectivity index (χ1n) is 12.5. The molecule has 0 saturated carbocycles. The van der Waals surface area contributed by atoms with E-state index < -0.39 is 16.7 Å². The molecular weight excluding hydrogens is 516 g/mol. The summed E-state index contributed by atoms with van der Waals surface area (Å²) in [4.78, 5) is 53.7. The first-order valence-corrected chi connectivity index (χ1v) is 13.3. The molecule has 196 valence electrons. The van der Waals surface area contributed by atoms with E-state index in [9.17, 15) is 24.5 Å². The lowest BCUT2D eigenvalue weighted by Gasteiger charge is -2.13. The number of rotatable bonds is 10. The smallest absolute Gasteiger partial charge is 0.282 e. The molecule has 3 aromatic carbocycles. The Balaban J connectivity index is 1.07. The molecule has 0 saturated heterocycles. The molecule has 0 bridgehead atoms. The van der Waals surface area contributed by atoms with Crippen molar-refractivity contribution < 1.29 is 19.3 Å². The van der Waals surface area contributed by atoms with E-state index in [1.54, 1.807) is 0 Å². The summed E-state index contributed by atoms with van der Waals surface area (Å²) >= 11 is 1.36. The average Bonchev–Trinajstić information content (AvgIpc) is 3.51. The number of nitrogens with zero attached hydrogens (tertiary/aromatic N) is 3. The van der Waals surface area contributed by atoms with E-state index in [0.717, 1.165) is 27.3 Å². The van der Waals surface area contributed by atoms with Crippen molar-refractivity contribution in [3.05, 3.63) is 99.4 Å². The quantitative estimate of drug-likeness (QED) is 0.111. The first kappa shape index (κ1) is 25.9. The van der Waals surface area contributed by atoms with Gasteiger partial charge in [-0.2, -0.15) is 0 Å². The average molecular weight is 541 g/mol. The number of hydrogen-bond acceptors (Lipinski definition) is 7. The number of carbonyl (C=O) groups is 3. The van der Waals surface area contributed by atoms with E-state index in [2.05, 4.69) is 22.4 Å². The number of fused-ring (bicyclic) bond motifs is 1. The minimum absolute atomic E-state index is 0.0588. The minimum Gasteiger partial charge on any atom is -0.302 e. The number of hydrogen-bond donors (Lipinski definition) is 1. The van der Waals surface area contributed by atoms with Crippen molar-refractivity contribution in [2.24, 2.45) is 0 Å². The summed E-state index contributed by atoms with van der Waals surface area (Å²) in [6, 6.07) is 22.3. The van der Waals surface area contributed by atoms with Gasteiger partial charge in [0, 0.05) is 30.0 Å². The Hall–Kier alpha value is -4.70. The van der Waals surface area contributed by atoms with Gasteiger partial charge < -0.3 is 5.32 Å². The maximum absolute atomic E-state index is 12.6. The summed E-state index contributed by atoms with van der Waals surface area (Å²) in [5.74, 6) is -1.33. The second-order valence-electron chi connectivity index (χ2n) is 9.06. The summed E-state index contributed by atoms with van der Waals surface area (Å²) in [6.45, 7) is 0.143. The molecule has 0 spiro atoms. The second kappa shape index (κ2) is 11.4. The van der Waals surface area contributed by atoms with Crippen LogP contribution in [0.1, 0.15) is 46.4 Å². The first-order chi connectivity index (χ1) is 18.9. The Morgan fingerprint density at radius 1 is 0.872 bits per heavy atom. The summed E-state index contributed by atoms with van der Waals surface area (Å²) < 4.78 is 0. The molecule has 4 aromatic rings. The molecule has 0 unspecified atom stereocenters. The van der Waals surface area contributed by atoms with Crippen LogP contribution < -0.4 is 5.32 Å². The maximum atomic E-state index is 12.6. The van der Waals surface area contributed by atoms with Crippen LogP contribution in [0.4, 0.5) is 10.8 Å².